The summed E-state index contributed by atoms with van der Waals surface area (Å²) in [5, 5.41) is 0.574. The highest BCUT2D eigenvalue weighted by molar-refractivity contribution is 5.80. The second-order valence-electron chi connectivity index (χ2n) is 6.46. The first kappa shape index (κ1) is 20.6. The molecule has 0 N–H and O–H groups in total. The quantitative estimate of drug-likeness (QED) is 0.767. The predicted octanol–water partition coefficient (Wildman–Crippen LogP) is 1.31. The van der Waals surface area contributed by atoms with Gasteiger partial charge >= 0.3 is 0 Å². The third kappa shape index (κ3) is 4.34. The number of likely N-dealkylation sites (N-methyl/N-ethyl adjacent to an activating group) is 1. The number of rotatable bonds is 6. The molecule has 1 aliphatic heterocycles. The third-order valence-corrected chi connectivity index (χ3v) is 4.65. The number of amides is 1. The van der Waals surface area contributed by atoms with Crippen LogP contribution < -0.4 is 16.2 Å². The molecule has 0 saturated carbocycles. The van der Waals surface area contributed by atoms with Crippen LogP contribution in [0.1, 0.15) is 23.1 Å². The van der Waals surface area contributed by atoms with Crippen molar-refractivity contribution in [3.63, 3.8) is 0 Å². The molecule has 2 aliphatic rings. The van der Waals surface area contributed by atoms with Crippen molar-refractivity contribution in [1.82, 2.24) is 9.88 Å². The molecule has 0 aromatic rings. The van der Waals surface area contributed by atoms with Gasteiger partial charge in [-0.1, -0.05) is 12.7 Å². The van der Waals surface area contributed by atoms with Crippen molar-refractivity contribution in [2.75, 3.05) is 27.3 Å². The molecule has 0 radical (unpaired) electrons. The zero-order valence-electron chi connectivity index (χ0n) is 16.6. The van der Waals surface area contributed by atoms with Crippen LogP contribution >= 0.6 is 0 Å². The van der Waals surface area contributed by atoms with Gasteiger partial charge in [0.25, 0.3) is 0 Å². The van der Waals surface area contributed by atoms with Crippen molar-refractivity contribution >= 4 is 18.1 Å². The van der Waals surface area contributed by atoms with E-state index in [1.165, 1.54) is 0 Å². The van der Waals surface area contributed by atoms with Gasteiger partial charge in [-0.2, -0.15) is 0 Å². The van der Waals surface area contributed by atoms with E-state index in [4.69, 9.17) is 9.15 Å². The minimum absolute atomic E-state index is 0.0488. The molecule has 0 fully saturated rings. The monoisotopic (exact) mass is 370 g/mol. The number of allylic oxidation sites excluding steroid dienone is 1. The molecule has 0 bridgehead atoms. The Morgan fingerprint density at radius 3 is 2.59 bits per heavy atom. The van der Waals surface area contributed by atoms with Gasteiger partial charge in [-0.25, -0.2) is 4.98 Å². The fourth-order valence-electron chi connectivity index (χ4n) is 2.74. The number of carbonyl (C=O) groups excluding carboxylic acids is 1. The average Bonchev–Trinajstić information content (AvgIpc) is 2.67. The standard InChI is InChI=1S/C21H26N2O4/c1-7-8-16-17(9-10-18(24)23(5)11-12-26-6)27-21-15(4)20(25)14(3)13(2)19(21)22-16/h7-9H,1,10-12H2,2-6H3/b16-8+,17-9+. The van der Waals surface area contributed by atoms with E-state index in [0.29, 0.717) is 46.5 Å². The number of methoxy groups -OCH3 is 1. The highest BCUT2D eigenvalue weighted by Crippen LogP contribution is 2.24. The van der Waals surface area contributed by atoms with Gasteiger partial charge in [-0.15, -0.1) is 0 Å². The highest BCUT2D eigenvalue weighted by Gasteiger charge is 2.19. The summed E-state index contributed by atoms with van der Waals surface area (Å²) in [6.07, 6.45) is 5.18. The van der Waals surface area contributed by atoms with Crippen LogP contribution in [0.4, 0.5) is 0 Å². The molecule has 144 valence electrons. The van der Waals surface area contributed by atoms with Gasteiger partial charge in [-0.05, 0) is 38.5 Å². The van der Waals surface area contributed by atoms with Gasteiger partial charge in [0.2, 0.25) is 5.91 Å². The van der Waals surface area contributed by atoms with Crippen molar-refractivity contribution in [2.24, 2.45) is 0 Å². The van der Waals surface area contributed by atoms with Gasteiger partial charge in [0.1, 0.15) is 16.5 Å². The molecule has 1 amide bonds. The lowest BCUT2D eigenvalue weighted by Crippen LogP contribution is -2.33. The van der Waals surface area contributed by atoms with Gasteiger partial charge in [0, 0.05) is 38.2 Å². The molecule has 0 unspecified atom stereocenters. The Balaban J connectivity index is 2.59. The van der Waals surface area contributed by atoms with Crippen LogP contribution in [-0.4, -0.2) is 43.1 Å². The number of fused-ring (bicyclic) bond motifs is 1. The SMILES string of the molecule is C=C/C=c1/nc2c(C)c(C)c(=O)c(C)c-2o/c1=C/CC(=O)N(C)CCOC. The predicted molar refractivity (Wildman–Crippen MR) is 106 cm³/mol. The van der Waals surface area contributed by atoms with E-state index < -0.39 is 0 Å². The summed E-state index contributed by atoms with van der Waals surface area (Å²) in [6.45, 7) is 10.1. The van der Waals surface area contributed by atoms with Gasteiger partial charge in [0.05, 0.1) is 6.61 Å². The van der Waals surface area contributed by atoms with Crippen LogP contribution in [0.15, 0.2) is 21.9 Å². The Hall–Kier alpha value is -2.73. The van der Waals surface area contributed by atoms with Gasteiger partial charge < -0.3 is 14.1 Å². The summed E-state index contributed by atoms with van der Waals surface area (Å²) < 4.78 is 11.0. The topological polar surface area (TPSA) is 72.6 Å². The fourth-order valence-corrected chi connectivity index (χ4v) is 2.74. The number of nitrogens with zero attached hydrogens (tertiary/aromatic N) is 2. The van der Waals surface area contributed by atoms with E-state index in [-0.39, 0.29) is 17.8 Å². The number of carbonyl (C=O) groups is 1. The number of hydrogen-bond acceptors (Lipinski definition) is 5. The number of aromatic nitrogens is 1. The smallest absolute Gasteiger partial charge is 0.226 e. The molecule has 0 aromatic carbocycles. The lowest BCUT2D eigenvalue weighted by molar-refractivity contribution is -0.129. The summed E-state index contributed by atoms with van der Waals surface area (Å²) in [4.78, 5) is 30.9. The Bertz CT molecular complexity index is 1000. The van der Waals surface area contributed by atoms with E-state index in [1.54, 1.807) is 51.1 Å². The molecule has 6 nitrogen and oxygen atoms in total. The summed E-state index contributed by atoms with van der Waals surface area (Å²) in [6, 6.07) is 0. The number of hydrogen-bond donors (Lipinski definition) is 0. The van der Waals surface area contributed by atoms with Crippen molar-refractivity contribution in [2.45, 2.75) is 27.2 Å². The Kier molecular flexibility index (Phi) is 6.69. The van der Waals surface area contributed by atoms with Crippen LogP contribution in [0.5, 0.6) is 0 Å². The maximum atomic E-state index is 12.4. The van der Waals surface area contributed by atoms with Crippen LogP contribution in [0.3, 0.4) is 0 Å². The molecule has 1 aliphatic carbocycles. The lowest BCUT2D eigenvalue weighted by Gasteiger charge is -2.15. The van der Waals surface area contributed by atoms with E-state index in [9.17, 15) is 9.59 Å². The minimum atomic E-state index is -0.0618. The summed E-state index contributed by atoms with van der Waals surface area (Å²) >= 11 is 0. The second kappa shape index (κ2) is 8.77. The second-order valence-corrected chi connectivity index (χ2v) is 6.46. The molecule has 6 heteroatoms. The molecule has 0 atom stereocenters. The molecule has 27 heavy (non-hydrogen) atoms. The van der Waals surface area contributed by atoms with Gasteiger partial charge in [0.15, 0.2) is 11.2 Å². The Morgan fingerprint density at radius 2 is 1.96 bits per heavy atom. The number of benzene rings is 1. The highest BCUT2D eigenvalue weighted by atomic mass is 16.5. The first-order chi connectivity index (χ1) is 12.8. The summed E-state index contributed by atoms with van der Waals surface area (Å²) in [5.41, 5.74) is 3.03. The van der Waals surface area contributed by atoms with Crippen molar-refractivity contribution in [3.05, 3.63) is 50.3 Å². The summed E-state index contributed by atoms with van der Waals surface area (Å²) in [7, 11) is 3.32. The van der Waals surface area contributed by atoms with Gasteiger partial charge in [-0.3, -0.25) is 9.59 Å². The normalized spacial score (nSPS) is 12.6. The molecule has 0 saturated heterocycles. The first-order valence-corrected chi connectivity index (χ1v) is 8.78. The average molecular weight is 370 g/mol. The van der Waals surface area contributed by atoms with Crippen LogP contribution in [0.2, 0.25) is 0 Å². The maximum Gasteiger partial charge on any atom is 0.226 e. The first-order valence-electron chi connectivity index (χ1n) is 8.78. The van der Waals surface area contributed by atoms with Crippen molar-refractivity contribution < 1.29 is 13.9 Å². The Labute approximate surface area is 158 Å². The minimum Gasteiger partial charge on any atom is -0.453 e. The van der Waals surface area contributed by atoms with Crippen LogP contribution in [0.25, 0.3) is 23.6 Å². The van der Waals surface area contributed by atoms with E-state index in [1.807, 2.05) is 6.92 Å². The molecular weight excluding hydrogens is 344 g/mol. The van der Waals surface area contributed by atoms with E-state index >= 15 is 0 Å². The molecular formula is C21H26N2O4. The van der Waals surface area contributed by atoms with E-state index in [2.05, 4.69) is 11.6 Å². The zero-order chi connectivity index (χ0) is 20.1. The zero-order valence-corrected chi connectivity index (χ0v) is 16.6. The van der Waals surface area contributed by atoms with Crippen molar-refractivity contribution in [1.29, 1.82) is 0 Å². The lowest BCUT2D eigenvalue weighted by atomic mass is 9.99. The van der Waals surface area contributed by atoms with Crippen LogP contribution in [-0.2, 0) is 9.53 Å². The summed E-state index contributed by atoms with van der Waals surface area (Å²) in [5.74, 6) is 0.393. The molecule has 0 spiro atoms. The Morgan fingerprint density at radius 1 is 1.26 bits per heavy atom. The van der Waals surface area contributed by atoms with Crippen LogP contribution in [0, 0.1) is 20.8 Å². The molecule has 1 heterocycles. The van der Waals surface area contributed by atoms with Crippen molar-refractivity contribution in [3.8, 4) is 11.5 Å². The molecule has 0 aromatic heterocycles. The third-order valence-electron chi connectivity index (χ3n) is 4.65. The van der Waals surface area contributed by atoms with E-state index in [0.717, 1.165) is 5.56 Å². The largest absolute Gasteiger partial charge is 0.453 e. The molecule has 2 rings (SSSR count). The number of ether oxygens (including phenoxy) is 1. The maximum absolute atomic E-state index is 12.4. The fraction of sp³-hybridized carbons (Fsp3) is 0.381.